The van der Waals surface area contributed by atoms with Crippen molar-refractivity contribution in [1.82, 2.24) is 4.98 Å². The van der Waals surface area contributed by atoms with Gasteiger partial charge in [-0.1, -0.05) is 12.1 Å². The highest BCUT2D eigenvalue weighted by Gasteiger charge is 2.21. The van der Waals surface area contributed by atoms with Crippen LogP contribution in [-0.4, -0.2) is 21.0 Å². The van der Waals surface area contributed by atoms with Crippen LogP contribution in [0.5, 0.6) is 11.6 Å². The van der Waals surface area contributed by atoms with Crippen molar-refractivity contribution in [1.29, 1.82) is 0 Å². The van der Waals surface area contributed by atoms with E-state index >= 15 is 0 Å². The maximum atomic E-state index is 10.9. The number of hydrogen-bond acceptors (Lipinski definition) is 5. The maximum Gasteiger partial charge on any atom is 0.354 e. The van der Waals surface area contributed by atoms with Crippen molar-refractivity contribution >= 4 is 27.6 Å². The normalized spacial score (nSPS) is 10.1. The molecule has 0 fully saturated rings. The van der Waals surface area contributed by atoms with E-state index in [0.29, 0.717) is 10.2 Å². The van der Waals surface area contributed by atoms with Crippen LogP contribution in [0.15, 0.2) is 40.9 Å². The van der Waals surface area contributed by atoms with Crippen molar-refractivity contribution in [2.24, 2.45) is 0 Å². The molecule has 20 heavy (non-hydrogen) atoms. The lowest BCUT2D eigenvalue weighted by Crippen LogP contribution is -2.04. The van der Waals surface area contributed by atoms with E-state index in [-0.39, 0.29) is 11.6 Å². The van der Waals surface area contributed by atoms with E-state index < -0.39 is 16.6 Å². The van der Waals surface area contributed by atoms with Gasteiger partial charge in [-0.15, -0.1) is 0 Å². The Morgan fingerprint density at radius 2 is 2.00 bits per heavy atom. The van der Waals surface area contributed by atoms with Gasteiger partial charge >= 0.3 is 17.5 Å². The summed E-state index contributed by atoms with van der Waals surface area (Å²) < 4.78 is 5.90. The Kier molecular flexibility index (Phi) is 3.94. The highest BCUT2D eigenvalue weighted by molar-refractivity contribution is 9.10. The molecule has 8 heteroatoms. The minimum Gasteiger partial charge on any atom is -0.477 e. The standard InChI is InChI=1S/C12H7BrN2O5/c13-7-3-1-2-4-10(7)20-11-9(15(18)19)6-5-8(14-11)12(16)17/h1-6H,(H,16,17). The van der Waals surface area contributed by atoms with Crippen molar-refractivity contribution in [2.45, 2.75) is 0 Å². The average molecular weight is 339 g/mol. The van der Waals surface area contributed by atoms with Crippen molar-refractivity contribution in [3.8, 4) is 11.6 Å². The molecule has 2 aromatic rings. The van der Waals surface area contributed by atoms with Gasteiger partial charge in [0.25, 0.3) is 0 Å². The Labute approximate surface area is 121 Å². The van der Waals surface area contributed by atoms with Gasteiger partial charge in [0.15, 0.2) is 5.69 Å². The van der Waals surface area contributed by atoms with Gasteiger partial charge in [-0.3, -0.25) is 10.1 Å². The number of hydrogen-bond donors (Lipinski definition) is 1. The van der Waals surface area contributed by atoms with Crippen molar-refractivity contribution in [3.05, 3.63) is 56.7 Å². The number of rotatable bonds is 4. The van der Waals surface area contributed by atoms with Gasteiger partial charge in [0, 0.05) is 6.07 Å². The molecule has 0 spiro atoms. The fraction of sp³-hybridized carbons (Fsp3) is 0. The number of nitro groups is 1. The van der Waals surface area contributed by atoms with E-state index in [1.807, 2.05) is 0 Å². The number of aromatic nitrogens is 1. The zero-order valence-electron chi connectivity index (χ0n) is 9.82. The lowest BCUT2D eigenvalue weighted by molar-refractivity contribution is -0.386. The predicted octanol–water partition coefficient (Wildman–Crippen LogP) is 3.24. The third-order valence-corrected chi connectivity index (χ3v) is 2.95. The van der Waals surface area contributed by atoms with E-state index in [9.17, 15) is 14.9 Å². The summed E-state index contributed by atoms with van der Waals surface area (Å²) in [7, 11) is 0. The minimum atomic E-state index is -1.29. The van der Waals surface area contributed by atoms with Crippen molar-refractivity contribution in [3.63, 3.8) is 0 Å². The number of para-hydroxylation sites is 1. The summed E-state index contributed by atoms with van der Waals surface area (Å²) in [5, 5.41) is 19.8. The number of benzene rings is 1. The Morgan fingerprint density at radius 1 is 1.30 bits per heavy atom. The molecular formula is C12H7BrN2O5. The first-order valence-corrected chi connectivity index (χ1v) is 6.09. The van der Waals surface area contributed by atoms with Crippen LogP contribution >= 0.6 is 15.9 Å². The molecule has 0 radical (unpaired) electrons. The van der Waals surface area contributed by atoms with Gasteiger partial charge < -0.3 is 9.84 Å². The molecule has 102 valence electrons. The van der Waals surface area contributed by atoms with Gasteiger partial charge in [-0.2, -0.15) is 4.98 Å². The maximum absolute atomic E-state index is 10.9. The molecule has 0 saturated carbocycles. The molecule has 0 aliphatic carbocycles. The molecular weight excluding hydrogens is 332 g/mol. The van der Waals surface area contributed by atoms with Crippen molar-refractivity contribution in [2.75, 3.05) is 0 Å². The van der Waals surface area contributed by atoms with Gasteiger partial charge in [0.05, 0.1) is 9.40 Å². The first-order valence-electron chi connectivity index (χ1n) is 5.30. The smallest absolute Gasteiger partial charge is 0.354 e. The van der Waals surface area contributed by atoms with Crippen LogP contribution in [0.4, 0.5) is 5.69 Å². The molecule has 1 aromatic carbocycles. The van der Waals surface area contributed by atoms with E-state index in [0.717, 1.165) is 12.1 Å². The largest absolute Gasteiger partial charge is 0.477 e. The zero-order chi connectivity index (χ0) is 14.7. The van der Waals surface area contributed by atoms with Crippen LogP contribution in [0.1, 0.15) is 10.5 Å². The average Bonchev–Trinajstić information content (AvgIpc) is 2.41. The number of aromatic carboxylic acids is 1. The zero-order valence-corrected chi connectivity index (χ0v) is 11.4. The molecule has 1 heterocycles. The summed E-state index contributed by atoms with van der Waals surface area (Å²) in [5.74, 6) is -1.37. The number of carboxylic acid groups (broad SMARTS) is 1. The van der Waals surface area contributed by atoms with Gasteiger partial charge in [-0.25, -0.2) is 4.79 Å². The molecule has 0 aliphatic heterocycles. The molecule has 7 nitrogen and oxygen atoms in total. The molecule has 0 aliphatic rings. The number of nitrogens with zero attached hydrogens (tertiary/aromatic N) is 2. The third kappa shape index (κ3) is 2.91. The SMILES string of the molecule is O=C(O)c1ccc([N+](=O)[O-])c(Oc2ccccc2Br)n1. The van der Waals surface area contributed by atoms with Crippen LogP contribution in [0, 0.1) is 10.1 Å². The molecule has 1 N–H and O–H groups in total. The van der Waals surface area contributed by atoms with Crippen LogP contribution in [0.3, 0.4) is 0 Å². The van der Waals surface area contributed by atoms with E-state index in [2.05, 4.69) is 20.9 Å². The molecule has 0 bridgehead atoms. The molecule has 0 atom stereocenters. The lowest BCUT2D eigenvalue weighted by Gasteiger charge is -2.07. The first kappa shape index (κ1) is 13.9. The van der Waals surface area contributed by atoms with Crippen LogP contribution in [0.2, 0.25) is 0 Å². The number of carbonyl (C=O) groups is 1. The molecule has 0 amide bonds. The Morgan fingerprint density at radius 3 is 2.60 bits per heavy atom. The highest BCUT2D eigenvalue weighted by atomic mass is 79.9. The highest BCUT2D eigenvalue weighted by Crippen LogP contribution is 2.33. The number of carboxylic acids is 1. The Hall–Kier alpha value is -2.48. The second kappa shape index (κ2) is 5.66. The summed E-state index contributed by atoms with van der Waals surface area (Å²) in [6, 6.07) is 8.76. The molecule has 2 rings (SSSR count). The fourth-order valence-corrected chi connectivity index (χ4v) is 1.76. The summed E-state index contributed by atoms with van der Waals surface area (Å²) in [6.07, 6.45) is 0. The fourth-order valence-electron chi connectivity index (χ4n) is 1.40. The molecule has 1 aromatic heterocycles. The van der Waals surface area contributed by atoms with Gasteiger partial charge in [0.1, 0.15) is 5.75 Å². The van der Waals surface area contributed by atoms with E-state index in [4.69, 9.17) is 9.84 Å². The number of ether oxygens (including phenoxy) is 1. The summed E-state index contributed by atoms with van der Waals surface area (Å²) in [6.45, 7) is 0. The topological polar surface area (TPSA) is 103 Å². The lowest BCUT2D eigenvalue weighted by atomic mass is 10.3. The van der Waals surface area contributed by atoms with Crippen LogP contribution in [-0.2, 0) is 0 Å². The quantitative estimate of drug-likeness (QED) is 0.678. The third-order valence-electron chi connectivity index (χ3n) is 2.30. The molecule has 0 unspecified atom stereocenters. The van der Waals surface area contributed by atoms with Gasteiger partial charge in [0.2, 0.25) is 0 Å². The summed E-state index contributed by atoms with van der Waals surface area (Å²) in [5.41, 5.74) is -0.747. The predicted molar refractivity (Wildman–Crippen MR) is 72.1 cm³/mol. The second-order valence-electron chi connectivity index (χ2n) is 3.62. The monoisotopic (exact) mass is 338 g/mol. The summed E-state index contributed by atoms with van der Waals surface area (Å²) >= 11 is 3.22. The van der Waals surface area contributed by atoms with Crippen LogP contribution in [0.25, 0.3) is 0 Å². The number of pyridine rings is 1. The Balaban J connectivity index is 2.48. The first-order chi connectivity index (χ1) is 9.49. The summed E-state index contributed by atoms with van der Waals surface area (Å²) in [4.78, 5) is 24.7. The van der Waals surface area contributed by atoms with E-state index in [1.54, 1.807) is 24.3 Å². The Bertz CT molecular complexity index is 689. The van der Waals surface area contributed by atoms with Crippen molar-refractivity contribution < 1.29 is 19.6 Å². The van der Waals surface area contributed by atoms with E-state index in [1.165, 1.54) is 0 Å². The molecule has 0 saturated heterocycles. The second-order valence-corrected chi connectivity index (χ2v) is 4.47. The number of halogens is 1. The van der Waals surface area contributed by atoms with Gasteiger partial charge in [-0.05, 0) is 34.1 Å². The minimum absolute atomic E-state index is 0.297. The van der Waals surface area contributed by atoms with Crippen LogP contribution < -0.4 is 4.74 Å².